The van der Waals surface area contributed by atoms with Crippen LogP contribution in [0.5, 0.6) is 0 Å². The fraction of sp³-hybridized carbons (Fsp3) is 0.789. The number of hydrogen-bond donors (Lipinski definition) is 0. The summed E-state index contributed by atoms with van der Waals surface area (Å²) in [5.41, 5.74) is 0. The topological polar surface area (TPSA) is 44.7 Å². The zero-order valence-corrected chi connectivity index (χ0v) is 16.7. The van der Waals surface area contributed by atoms with Gasteiger partial charge in [0, 0.05) is 64.7 Å². The average Bonchev–Trinajstić information content (AvgIpc) is 3.22. The van der Waals surface area contributed by atoms with Crippen LogP contribution >= 0.6 is 11.8 Å². The first-order chi connectivity index (χ1) is 12.8. The molecule has 3 fully saturated rings. The zero-order valence-electron chi connectivity index (χ0n) is 15.8. The predicted octanol–water partition coefficient (Wildman–Crippen LogP) is 1.96. The third-order valence-electron chi connectivity index (χ3n) is 6.00. The van der Waals surface area contributed by atoms with Crippen LogP contribution in [0.1, 0.15) is 25.7 Å². The number of hydrogen-bond acceptors (Lipinski definition) is 7. The van der Waals surface area contributed by atoms with E-state index in [1.807, 2.05) is 18.5 Å². The summed E-state index contributed by atoms with van der Waals surface area (Å²) in [6.07, 6.45) is 9.38. The molecule has 144 valence electrons. The first kappa shape index (κ1) is 18.5. The smallest absolute Gasteiger partial charge is 0.189 e. The number of nitrogens with zero attached hydrogens (tertiary/aromatic N) is 5. The molecule has 0 aromatic carbocycles. The van der Waals surface area contributed by atoms with Crippen molar-refractivity contribution in [3.63, 3.8) is 0 Å². The Bertz CT molecular complexity index is 567. The summed E-state index contributed by atoms with van der Waals surface area (Å²) in [5, 5.41) is 0.868. The fourth-order valence-corrected chi connectivity index (χ4v) is 4.80. The third-order valence-corrected chi connectivity index (χ3v) is 6.56. The summed E-state index contributed by atoms with van der Waals surface area (Å²) in [6, 6.07) is 2.78. The highest BCUT2D eigenvalue weighted by molar-refractivity contribution is 7.98. The summed E-state index contributed by atoms with van der Waals surface area (Å²) in [7, 11) is 0. The highest BCUT2D eigenvalue weighted by Crippen LogP contribution is 2.23. The number of aromatic nitrogens is 2. The van der Waals surface area contributed by atoms with Crippen molar-refractivity contribution in [1.29, 1.82) is 0 Å². The average molecular weight is 378 g/mol. The maximum Gasteiger partial charge on any atom is 0.189 e. The molecule has 0 bridgehead atoms. The van der Waals surface area contributed by atoms with Gasteiger partial charge in [-0.15, -0.1) is 0 Å². The van der Waals surface area contributed by atoms with Gasteiger partial charge in [-0.25, -0.2) is 9.97 Å². The monoisotopic (exact) mass is 377 g/mol. The van der Waals surface area contributed by atoms with Gasteiger partial charge in [-0.3, -0.25) is 9.80 Å². The van der Waals surface area contributed by atoms with Crippen molar-refractivity contribution in [2.75, 3.05) is 63.6 Å². The molecule has 0 spiro atoms. The Morgan fingerprint density at radius 2 is 1.92 bits per heavy atom. The molecule has 7 heteroatoms. The summed E-state index contributed by atoms with van der Waals surface area (Å²) < 4.78 is 5.80. The standard InChI is InChI=1S/C19H31N5OS/c1-26-19-20-7-4-18(21-19)24-8-5-16(6-9-24)23-12-10-22(11-13-23)15-17-3-2-14-25-17/h4,7,16-17H,2-3,5-6,8-15H2,1H3/t17-/m0/s1. The summed E-state index contributed by atoms with van der Waals surface area (Å²) in [4.78, 5) is 16.7. The molecular weight excluding hydrogens is 346 g/mol. The number of ether oxygens (including phenoxy) is 1. The molecule has 0 aliphatic carbocycles. The fourth-order valence-electron chi connectivity index (χ4n) is 4.45. The zero-order chi connectivity index (χ0) is 17.8. The summed E-state index contributed by atoms with van der Waals surface area (Å²) in [6.45, 7) is 9.12. The van der Waals surface area contributed by atoms with Crippen molar-refractivity contribution < 1.29 is 4.74 Å². The minimum Gasteiger partial charge on any atom is -0.377 e. The largest absolute Gasteiger partial charge is 0.377 e. The van der Waals surface area contributed by atoms with Gasteiger partial charge in [0.25, 0.3) is 0 Å². The lowest BCUT2D eigenvalue weighted by Gasteiger charge is -2.43. The highest BCUT2D eigenvalue weighted by Gasteiger charge is 2.29. The van der Waals surface area contributed by atoms with E-state index in [2.05, 4.69) is 24.7 Å². The molecule has 26 heavy (non-hydrogen) atoms. The molecular formula is C19H31N5OS. The molecule has 0 unspecified atom stereocenters. The van der Waals surface area contributed by atoms with Gasteiger partial charge in [0.2, 0.25) is 0 Å². The lowest BCUT2D eigenvalue weighted by atomic mass is 10.0. The van der Waals surface area contributed by atoms with E-state index >= 15 is 0 Å². The second-order valence-corrected chi connectivity index (χ2v) is 8.36. The SMILES string of the molecule is CSc1nccc(N2CCC(N3CCN(C[C@@H]4CCCO4)CC3)CC2)n1. The van der Waals surface area contributed by atoms with Gasteiger partial charge in [0.15, 0.2) is 5.16 Å². The molecule has 4 rings (SSSR count). The Kier molecular flexibility index (Phi) is 6.30. The first-order valence-corrected chi connectivity index (χ1v) is 11.2. The molecule has 1 aromatic heterocycles. The summed E-state index contributed by atoms with van der Waals surface area (Å²) >= 11 is 1.61. The van der Waals surface area contributed by atoms with Gasteiger partial charge in [0.05, 0.1) is 6.10 Å². The number of piperazine rings is 1. The van der Waals surface area contributed by atoms with E-state index < -0.39 is 0 Å². The molecule has 0 amide bonds. The molecule has 6 nitrogen and oxygen atoms in total. The molecule has 1 atom stereocenters. The van der Waals surface area contributed by atoms with Crippen LogP contribution in [0, 0.1) is 0 Å². The Morgan fingerprint density at radius 3 is 2.62 bits per heavy atom. The van der Waals surface area contributed by atoms with E-state index in [1.165, 1.54) is 51.9 Å². The van der Waals surface area contributed by atoms with Crippen LogP contribution < -0.4 is 4.90 Å². The van der Waals surface area contributed by atoms with Crippen LogP contribution in [0.25, 0.3) is 0 Å². The van der Waals surface area contributed by atoms with Crippen LogP contribution in [0.2, 0.25) is 0 Å². The van der Waals surface area contributed by atoms with Crippen molar-refractivity contribution in [2.24, 2.45) is 0 Å². The van der Waals surface area contributed by atoms with Crippen LogP contribution in [0.3, 0.4) is 0 Å². The van der Waals surface area contributed by atoms with E-state index in [-0.39, 0.29) is 0 Å². The first-order valence-electron chi connectivity index (χ1n) is 10.0. The van der Waals surface area contributed by atoms with E-state index in [0.717, 1.165) is 43.3 Å². The minimum absolute atomic E-state index is 0.490. The van der Waals surface area contributed by atoms with Crippen LogP contribution in [0.15, 0.2) is 17.4 Å². The quantitative estimate of drug-likeness (QED) is 0.574. The Balaban J connectivity index is 1.22. The van der Waals surface area contributed by atoms with Crippen molar-refractivity contribution >= 4 is 17.6 Å². The van der Waals surface area contributed by atoms with Gasteiger partial charge >= 0.3 is 0 Å². The van der Waals surface area contributed by atoms with Crippen molar-refractivity contribution in [2.45, 2.75) is 43.0 Å². The molecule has 1 aromatic rings. The summed E-state index contributed by atoms with van der Waals surface area (Å²) in [5.74, 6) is 1.09. The van der Waals surface area contributed by atoms with Crippen LogP contribution in [0.4, 0.5) is 5.82 Å². The number of anilines is 1. The molecule has 3 saturated heterocycles. The van der Waals surface area contributed by atoms with Gasteiger partial charge in [0.1, 0.15) is 5.82 Å². The Labute approximate surface area is 161 Å². The van der Waals surface area contributed by atoms with Crippen LogP contribution in [-0.2, 0) is 4.74 Å². The third kappa shape index (κ3) is 4.50. The molecule has 3 aliphatic heterocycles. The molecule has 4 heterocycles. The van der Waals surface area contributed by atoms with Gasteiger partial charge in [-0.2, -0.15) is 0 Å². The number of piperidine rings is 1. The van der Waals surface area contributed by atoms with E-state index in [1.54, 1.807) is 11.8 Å². The van der Waals surface area contributed by atoms with Crippen molar-refractivity contribution in [3.8, 4) is 0 Å². The molecule has 0 radical (unpaired) electrons. The minimum atomic E-state index is 0.490. The second kappa shape index (κ2) is 8.87. The van der Waals surface area contributed by atoms with Crippen LogP contribution in [-0.4, -0.2) is 90.6 Å². The maximum absolute atomic E-state index is 5.80. The lowest BCUT2D eigenvalue weighted by Crippen LogP contribution is -2.54. The van der Waals surface area contributed by atoms with Gasteiger partial charge in [-0.1, -0.05) is 11.8 Å². The van der Waals surface area contributed by atoms with Gasteiger partial charge in [-0.05, 0) is 38.0 Å². The van der Waals surface area contributed by atoms with E-state index in [9.17, 15) is 0 Å². The number of thioether (sulfide) groups is 1. The van der Waals surface area contributed by atoms with Crippen molar-refractivity contribution in [3.05, 3.63) is 12.3 Å². The highest BCUT2D eigenvalue weighted by atomic mass is 32.2. The van der Waals surface area contributed by atoms with E-state index in [0.29, 0.717) is 6.10 Å². The molecule has 0 N–H and O–H groups in total. The second-order valence-electron chi connectivity index (χ2n) is 7.59. The molecule has 0 saturated carbocycles. The normalized spacial score (nSPS) is 26.5. The van der Waals surface area contributed by atoms with Crippen molar-refractivity contribution in [1.82, 2.24) is 19.8 Å². The molecule has 3 aliphatic rings. The Morgan fingerprint density at radius 1 is 1.12 bits per heavy atom. The predicted molar refractivity (Wildman–Crippen MR) is 106 cm³/mol. The Hall–Kier alpha value is -0.890. The lowest BCUT2D eigenvalue weighted by molar-refractivity contribution is 0.0367. The number of rotatable bonds is 5. The van der Waals surface area contributed by atoms with Gasteiger partial charge < -0.3 is 9.64 Å². The van der Waals surface area contributed by atoms with E-state index in [4.69, 9.17) is 4.74 Å². The maximum atomic E-state index is 5.80.